The molecule has 1 amide bonds. The first kappa shape index (κ1) is 23.1. The minimum Gasteiger partial charge on any atom is -0.495 e. The molecule has 174 valence electrons. The number of benzene rings is 2. The monoisotopic (exact) mass is 468 g/mol. The van der Waals surface area contributed by atoms with Crippen LogP contribution in [0.1, 0.15) is 35.4 Å². The average molecular weight is 469 g/mol. The number of para-hydroxylation sites is 2. The molecule has 1 saturated heterocycles. The smallest absolute Gasteiger partial charge is 0.261 e. The number of hydrogen-bond acceptors (Lipinski definition) is 5. The highest BCUT2D eigenvalue weighted by molar-refractivity contribution is 5.97. The topological polar surface area (TPSA) is 67.7 Å². The van der Waals surface area contributed by atoms with E-state index in [-0.39, 0.29) is 23.9 Å². The van der Waals surface area contributed by atoms with Crippen molar-refractivity contribution in [2.45, 2.75) is 32.2 Å². The highest BCUT2D eigenvalue weighted by atomic mass is 35.5. The Morgan fingerprint density at radius 1 is 0.970 bits per heavy atom. The number of rotatable bonds is 3. The molecule has 3 aromatic rings. The van der Waals surface area contributed by atoms with Crippen molar-refractivity contribution in [1.29, 1.82) is 0 Å². The molecule has 0 unspecified atom stereocenters. The van der Waals surface area contributed by atoms with Gasteiger partial charge in [0.15, 0.2) is 0 Å². The highest BCUT2D eigenvalue weighted by Crippen LogP contribution is 2.28. The van der Waals surface area contributed by atoms with Crippen LogP contribution in [0, 0.1) is 0 Å². The molecule has 0 N–H and O–H groups in total. The molecule has 33 heavy (non-hydrogen) atoms. The zero-order chi connectivity index (χ0) is 22.1. The number of amides is 1. The van der Waals surface area contributed by atoms with Crippen molar-refractivity contribution in [3.63, 3.8) is 0 Å². The summed E-state index contributed by atoms with van der Waals surface area (Å²) < 4.78 is 7.30. The molecule has 0 saturated carbocycles. The van der Waals surface area contributed by atoms with Gasteiger partial charge in [-0.15, -0.1) is 12.4 Å². The Labute approximate surface area is 199 Å². The van der Waals surface area contributed by atoms with Crippen molar-refractivity contribution in [1.82, 2.24) is 14.5 Å². The summed E-state index contributed by atoms with van der Waals surface area (Å²) in [5.74, 6) is 1.68. The number of aryl methyl sites for hydroxylation is 1. The molecule has 2 aromatic carbocycles. The van der Waals surface area contributed by atoms with E-state index in [4.69, 9.17) is 9.72 Å². The lowest BCUT2D eigenvalue weighted by atomic mass is 10.1. The number of piperazine rings is 1. The van der Waals surface area contributed by atoms with Crippen molar-refractivity contribution in [2.75, 3.05) is 38.2 Å². The molecule has 0 radical (unpaired) electrons. The van der Waals surface area contributed by atoms with Gasteiger partial charge >= 0.3 is 0 Å². The minimum atomic E-state index is -0.0107. The number of methoxy groups -OCH3 is 1. The van der Waals surface area contributed by atoms with Crippen LogP contribution in [0.5, 0.6) is 5.75 Å². The Morgan fingerprint density at radius 3 is 2.55 bits per heavy atom. The molecule has 1 fully saturated rings. The van der Waals surface area contributed by atoms with Gasteiger partial charge in [-0.1, -0.05) is 18.6 Å². The number of nitrogens with zero attached hydrogens (tertiary/aromatic N) is 4. The van der Waals surface area contributed by atoms with Gasteiger partial charge in [-0.2, -0.15) is 0 Å². The quantitative estimate of drug-likeness (QED) is 0.588. The van der Waals surface area contributed by atoms with Crippen LogP contribution in [0.4, 0.5) is 5.69 Å². The van der Waals surface area contributed by atoms with Crippen molar-refractivity contribution in [2.24, 2.45) is 0 Å². The molecule has 5 rings (SSSR count). The van der Waals surface area contributed by atoms with Gasteiger partial charge < -0.3 is 14.5 Å². The van der Waals surface area contributed by atoms with Gasteiger partial charge in [0.25, 0.3) is 11.5 Å². The van der Waals surface area contributed by atoms with Crippen LogP contribution >= 0.6 is 12.4 Å². The second kappa shape index (κ2) is 9.83. The lowest BCUT2D eigenvalue weighted by Gasteiger charge is -2.36. The molecule has 0 atom stereocenters. The number of ether oxygens (including phenoxy) is 1. The number of carbonyl (C=O) groups excluding carboxylic acids is 1. The number of anilines is 1. The van der Waals surface area contributed by atoms with Gasteiger partial charge in [-0.05, 0) is 43.2 Å². The van der Waals surface area contributed by atoms with E-state index in [9.17, 15) is 9.59 Å². The zero-order valence-electron chi connectivity index (χ0n) is 18.8. The summed E-state index contributed by atoms with van der Waals surface area (Å²) in [7, 11) is 1.68. The maximum atomic E-state index is 13.2. The maximum absolute atomic E-state index is 13.2. The van der Waals surface area contributed by atoms with E-state index < -0.39 is 0 Å². The van der Waals surface area contributed by atoms with Crippen LogP contribution in [-0.4, -0.2) is 53.6 Å². The Morgan fingerprint density at radius 2 is 1.76 bits per heavy atom. The SMILES string of the molecule is COc1ccccc1N1CCN(C(=O)c2ccc3c(=O)n4c(nc3c2)CCCCC4)CC1.Cl. The van der Waals surface area contributed by atoms with Gasteiger partial charge in [-0.25, -0.2) is 4.98 Å². The van der Waals surface area contributed by atoms with Crippen LogP contribution in [0.15, 0.2) is 47.3 Å². The molecule has 0 bridgehead atoms. The van der Waals surface area contributed by atoms with Crippen molar-refractivity contribution < 1.29 is 9.53 Å². The molecule has 2 aliphatic rings. The second-order valence-corrected chi connectivity index (χ2v) is 8.48. The fourth-order valence-electron chi connectivity index (χ4n) is 4.78. The normalized spacial score (nSPS) is 16.0. The van der Waals surface area contributed by atoms with Gasteiger partial charge in [0.1, 0.15) is 11.6 Å². The van der Waals surface area contributed by atoms with Crippen LogP contribution in [0.2, 0.25) is 0 Å². The van der Waals surface area contributed by atoms with Crippen molar-refractivity contribution in [3.05, 3.63) is 64.2 Å². The summed E-state index contributed by atoms with van der Waals surface area (Å²) in [5.41, 5.74) is 2.28. The predicted octanol–water partition coefficient (Wildman–Crippen LogP) is 3.52. The van der Waals surface area contributed by atoms with Crippen LogP contribution in [-0.2, 0) is 13.0 Å². The van der Waals surface area contributed by atoms with Crippen molar-refractivity contribution in [3.8, 4) is 5.75 Å². The Balaban J connectivity index is 0.00000259. The fraction of sp³-hybridized carbons (Fsp3) is 0.400. The third kappa shape index (κ3) is 4.42. The van der Waals surface area contributed by atoms with Crippen molar-refractivity contribution >= 4 is 34.9 Å². The molecular weight excluding hydrogens is 440 g/mol. The number of halogens is 1. The molecule has 0 spiro atoms. The third-order valence-corrected chi connectivity index (χ3v) is 6.56. The standard InChI is InChI=1S/C25H28N4O3.ClH/c1-32-22-8-5-4-7-21(22)27-13-15-28(16-14-27)24(30)18-10-11-19-20(17-18)26-23-9-3-2-6-12-29(23)25(19)31;/h4-5,7-8,10-11,17H,2-3,6,9,12-16H2,1H3;1H. The van der Waals surface area contributed by atoms with Gasteiger partial charge in [0.2, 0.25) is 0 Å². The predicted molar refractivity (Wildman–Crippen MR) is 132 cm³/mol. The summed E-state index contributed by atoms with van der Waals surface area (Å²) in [6.45, 7) is 3.48. The van der Waals surface area contributed by atoms with E-state index >= 15 is 0 Å². The van der Waals surface area contributed by atoms with E-state index in [0.29, 0.717) is 29.6 Å². The average Bonchev–Trinajstić information content (AvgIpc) is 3.09. The summed E-state index contributed by atoms with van der Waals surface area (Å²) in [5, 5.41) is 0.591. The summed E-state index contributed by atoms with van der Waals surface area (Å²) >= 11 is 0. The zero-order valence-corrected chi connectivity index (χ0v) is 19.6. The van der Waals surface area contributed by atoms with Gasteiger partial charge in [0.05, 0.1) is 23.7 Å². The highest BCUT2D eigenvalue weighted by Gasteiger charge is 2.24. The molecular formula is C25H29ClN4O3. The number of hydrogen-bond donors (Lipinski definition) is 0. The van der Waals surface area contributed by atoms with E-state index in [2.05, 4.69) is 4.90 Å². The first-order chi connectivity index (χ1) is 15.7. The molecule has 1 aromatic heterocycles. The summed E-state index contributed by atoms with van der Waals surface area (Å²) in [6.07, 6.45) is 3.99. The van der Waals surface area contributed by atoms with Gasteiger partial charge in [-0.3, -0.25) is 14.2 Å². The summed E-state index contributed by atoms with van der Waals surface area (Å²) in [6, 6.07) is 13.3. The summed E-state index contributed by atoms with van der Waals surface area (Å²) in [4.78, 5) is 35.0. The molecule has 3 heterocycles. The molecule has 8 heteroatoms. The van der Waals surface area contributed by atoms with E-state index in [1.807, 2.05) is 33.7 Å². The third-order valence-electron chi connectivity index (χ3n) is 6.56. The second-order valence-electron chi connectivity index (χ2n) is 8.48. The first-order valence-corrected chi connectivity index (χ1v) is 11.4. The van der Waals surface area contributed by atoms with Crippen LogP contribution in [0.25, 0.3) is 10.9 Å². The Kier molecular flexibility index (Phi) is 6.88. The lowest BCUT2D eigenvalue weighted by molar-refractivity contribution is 0.0747. The fourth-order valence-corrected chi connectivity index (χ4v) is 4.78. The van der Waals surface area contributed by atoms with E-state index in [0.717, 1.165) is 62.6 Å². The van der Waals surface area contributed by atoms with Crippen LogP contribution < -0.4 is 15.2 Å². The number of aromatic nitrogens is 2. The Bertz CT molecular complexity index is 1220. The molecule has 7 nitrogen and oxygen atoms in total. The van der Waals surface area contributed by atoms with E-state index in [1.165, 1.54) is 0 Å². The molecule has 0 aliphatic carbocycles. The number of fused-ring (bicyclic) bond motifs is 2. The van der Waals surface area contributed by atoms with Crippen LogP contribution in [0.3, 0.4) is 0 Å². The number of carbonyl (C=O) groups is 1. The van der Waals surface area contributed by atoms with Gasteiger partial charge in [0, 0.05) is 44.7 Å². The first-order valence-electron chi connectivity index (χ1n) is 11.4. The lowest BCUT2D eigenvalue weighted by Crippen LogP contribution is -2.48. The Hall–Kier alpha value is -3.06. The molecule has 2 aliphatic heterocycles. The maximum Gasteiger partial charge on any atom is 0.261 e. The largest absolute Gasteiger partial charge is 0.495 e. The van der Waals surface area contributed by atoms with E-state index in [1.54, 1.807) is 25.3 Å². The minimum absolute atomic E-state index is 0.